The van der Waals surface area contributed by atoms with E-state index < -0.39 is 30.7 Å². The quantitative estimate of drug-likeness (QED) is 0.583. The molecule has 3 rings (SSSR count). The van der Waals surface area contributed by atoms with Crippen LogP contribution in [0.2, 0.25) is 5.02 Å². The third-order valence-corrected chi connectivity index (χ3v) is 5.31. The van der Waals surface area contributed by atoms with Gasteiger partial charge in [-0.3, -0.25) is 0 Å². The standard InChI is InChI=1S/C21H25ClO6/c1-2-27-16-6-3-13(4-7-16)9-14-10-15(5-8-17(14)22)21(26)20(25)11-18(24)19(12-23)28-21/h3-8,10,18-20,23-26H,2,9,11-12H2,1H3/t18-,19+,20?,21?/m0/s1. The Morgan fingerprint density at radius 3 is 2.54 bits per heavy atom. The van der Waals surface area contributed by atoms with Crippen LogP contribution in [0.5, 0.6) is 5.75 Å². The average molecular weight is 409 g/mol. The molecule has 2 unspecified atom stereocenters. The van der Waals surface area contributed by atoms with Crippen LogP contribution in [0.25, 0.3) is 0 Å². The van der Waals surface area contributed by atoms with Crippen LogP contribution in [0.15, 0.2) is 42.5 Å². The first-order valence-electron chi connectivity index (χ1n) is 9.25. The first-order valence-corrected chi connectivity index (χ1v) is 9.63. The summed E-state index contributed by atoms with van der Waals surface area (Å²) in [6.07, 6.45) is -2.99. The summed E-state index contributed by atoms with van der Waals surface area (Å²) in [7, 11) is 0. The van der Waals surface area contributed by atoms with Gasteiger partial charge in [0.2, 0.25) is 5.79 Å². The van der Waals surface area contributed by atoms with Crippen LogP contribution >= 0.6 is 11.6 Å². The highest BCUT2D eigenvalue weighted by molar-refractivity contribution is 6.31. The number of halogens is 1. The fraction of sp³-hybridized carbons (Fsp3) is 0.429. The van der Waals surface area contributed by atoms with Crippen molar-refractivity contribution in [1.82, 2.24) is 0 Å². The summed E-state index contributed by atoms with van der Waals surface area (Å²) in [5.41, 5.74) is 2.07. The smallest absolute Gasteiger partial charge is 0.219 e. The largest absolute Gasteiger partial charge is 0.494 e. The predicted octanol–water partition coefficient (Wildman–Crippen LogP) is 1.98. The lowest BCUT2D eigenvalue weighted by Crippen LogP contribution is -2.55. The second kappa shape index (κ2) is 8.78. The molecule has 1 fully saturated rings. The Morgan fingerprint density at radius 2 is 1.89 bits per heavy atom. The van der Waals surface area contributed by atoms with E-state index in [0.717, 1.165) is 16.9 Å². The number of aliphatic hydroxyl groups excluding tert-OH is 3. The molecule has 0 amide bonds. The van der Waals surface area contributed by atoms with Crippen LogP contribution in [0, 0.1) is 0 Å². The van der Waals surface area contributed by atoms with Crippen molar-refractivity contribution in [1.29, 1.82) is 0 Å². The molecule has 1 heterocycles. The van der Waals surface area contributed by atoms with E-state index in [2.05, 4.69) is 0 Å². The first-order chi connectivity index (χ1) is 13.4. The Labute approximate surface area is 168 Å². The molecule has 2 aromatic carbocycles. The molecule has 1 saturated heterocycles. The fourth-order valence-electron chi connectivity index (χ4n) is 3.37. The summed E-state index contributed by atoms with van der Waals surface area (Å²) in [6.45, 7) is 2.05. The number of aliphatic hydroxyl groups is 4. The number of ether oxygens (including phenoxy) is 2. The van der Waals surface area contributed by atoms with E-state index in [1.807, 2.05) is 31.2 Å². The van der Waals surface area contributed by atoms with Crippen LogP contribution in [0.4, 0.5) is 0 Å². The Balaban J connectivity index is 1.86. The molecule has 6 nitrogen and oxygen atoms in total. The second-order valence-corrected chi connectivity index (χ2v) is 7.32. The van der Waals surface area contributed by atoms with Crippen LogP contribution in [0.1, 0.15) is 30.0 Å². The van der Waals surface area contributed by atoms with Crippen molar-refractivity contribution in [3.63, 3.8) is 0 Å². The van der Waals surface area contributed by atoms with Gasteiger partial charge in [-0.05, 0) is 48.7 Å². The van der Waals surface area contributed by atoms with E-state index in [9.17, 15) is 20.4 Å². The van der Waals surface area contributed by atoms with Crippen molar-refractivity contribution < 1.29 is 29.9 Å². The summed E-state index contributed by atoms with van der Waals surface area (Å²) in [4.78, 5) is 0. The lowest BCUT2D eigenvalue weighted by Gasteiger charge is -2.43. The molecule has 7 heteroatoms. The van der Waals surface area contributed by atoms with E-state index in [1.54, 1.807) is 18.2 Å². The maximum absolute atomic E-state index is 11.0. The molecule has 1 aliphatic heterocycles. The Bertz CT molecular complexity index is 796. The van der Waals surface area contributed by atoms with Gasteiger partial charge in [-0.2, -0.15) is 0 Å². The molecule has 0 radical (unpaired) electrons. The van der Waals surface area contributed by atoms with Crippen molar-refractivity contribution in [2.24, 2.45) is 0 Å². The normalized spacial score (nSPS) is 27.6. The molecule has 28 heavy (non-hydrogen) atoms. The highest BCUT2D eigenvalue weighted by atomic mass is 35.5. The van der Waals surface area contributed by atoms with Gasteiger partial charge in [0, 0.05) is 17.0 Å². The van der Waals surface area contributed by atoms with Crippen LogP contribution in [0.3, 0.4) is 0 Å². The average Bonchev–Trinajstić information content (AvgIpc) is 2.68. The monoisotopic (exact) mass is 408 g/mol. The topological polar surface area (TPSA) is 99.4 Å². The zero-order valence-corrected chi connectivity index (χ0v) is 16.3. The molecule has 4 atom stereocenters. The summed E-state index contributed by atoms with van der Waals surface area (Å²) in [5, 5.41) is 41.1. The molecular formula is C21H25ClO6. The van der Waals surface area contributed by atoms with Crippen LogP contribution in [-0.4, -0.2) is 52.0 Å². The van der Waals surface area contributed by atoms with Crippen LogP contribution in [-0.2, 0) is 16.9 Å². The van der Waals surface area contributed by atoms with Gasteiger partial charge in [0.1, 0.15) is 18.0 Å². The van der Waals surface area contributed by atoms with E-state index in [0.29, 0.717) is 23.6 Å². The van der Waals surface area contributed by atoms with Gasteiger partial charge in [-0.15, -0.1) is 0 Å². The molecule has 152 valence electrons. The van der Waals surface area contributed by atoms with Crippen molar-refractivity contribution in [2.75, 3.05) is 13.2 Å². The minimum Gasteiger partial charge on any atom is -0.494 e. The van der Waals surface area contributed by atoms with Gasteiger partial charge in [-0.25, -0.2) is 0 Å². The molecule has 0 bridgehead atoms. The van der Waals surface area contributed by atoms with Gasteiger partial charge in [-0.1, -0.05) is 29.8 Å². The summed E-state index contributed by atoms with van der Waals surface area (Å²) in [6, 6.07) is 12.5. The molecule has 0 aromatic heterocycles. The summed E-state index contributed by atoms with van der Waals surface area (Å²) in [5.74, 6) is -1.25. The minimum atomic E-state index is -2.04. The number of hydrogen-bond acceptors (Lipinski definition) is 6. The number of hydrogen-bond donors (Lipinski definition) is 4. The van der Waals surface area contributed by atoms with Crippen molar-refractivity contribution in [3.8, 4) is 5.75 Å². The molecule has 0 saturated carbocycles. The van der Waals surface area contributed by atoms with Gasteiger partial charge in [0.05, 0.1) is 19.3 Å². The zero-order valence-electron chi connectivity index (χ0n) is 15.6. The van der Waals surface area contributed by atoms with Gasteiger partial charge >= 0.3 is 0 Å². The van der Waals surface area contributed by atoms with Crippen molar-refractivity contribution >= 4 is 11.6 Å². The number of benzene rings is 2. The second-order valence-electron chi connectivity index (χ2n) is 6.91. The summed E-state index contributed by atoms with van der Waals surface area (Å²) >= 11 is 6.34. The lowest BCUT2D eigenvalue weighted by molar-refractivity contribution is -0.332. The van der Waals surface area contributed by atoms with E-state index in [4.69, 9.17) is 21.1 Å². The third kappa shape index (κ3) is 4.33. The zero-order chi connectivity index (χ0) is 20.3. The van der Waals surface area contributed by atoms with E-state index >= 15 is 0 Å². The highest BCUT2D eigenvalue weighted by Gasteiger charge is 2.48. The Kier molecular flexibility index (Phi) is 6.60. The molecule has 0 spiro atoms. The first kappa shape index (κ1) is 21.0. The molecule has 4 N–H and O–H groups in total. The maximum atomic E-state index is 11.0. The Morgan fingerprint density at radius 1 is 1.18 bits per heavy atom. The van der Waals surface area contributed by atoms with Gasteiger partial charge < -0.3 is 29.9 Å². The molecule has 0 aliphatic carbocycles. The molecule has 2 aromatic rings. The van der Waals surface area contributed by atoms with Crippen molar-refractivity contribution in [2.45, 2.75) is 43.9 Å². The molecule has 1 aliphatic rings. The van der Waals surface area contributed by atoms with Crippen LogP contribution < -0.4 is 4.74 Å². The van der Waals surface area contributed by atoms with Gasteiger partial charge in [0.25, 0.3) is 0 Å². The van der Waals surface area contributed by atoms with Gasteiger partial charge in [0.15, 0.2) is 0 Å². The lowest BCUT2D eigenvalue weighted by atomic mass is 9.89. The SMILES string of the molecule is CCOc1ccc(Cc2cc(C3(O)O[C@H](CO)[C@@H](O)CC3O)ccc2Cl)cc1. The minimum absolute atomic E-state index is 0.113. The van der Waals surface area contributed by atoms with Crippen molar-refractivity contribution in [3.05, 3.63) is 64.2 Å². The highest BCUT2D eigenvalue weighted by Crippen LogP contribution is 2.37. The number of rotatable bonds is 6. The molecular weight excluding hydrogens is 384 g/mol. The fourth-order valence-corrected chi connectivity index (χ4v) is 3.55. The maximum Gasteiger partial charge on any atom is 0.219 e. The van der Waals surface area contributed by atoms with E-state index in [-0.39, 0.29) is 6.42 Å². The summed E-state index contributed by atoms with van der Waals surface area (Å²) < 4.78 is 10.9. The Hall–Kier alpha value is -1.67. The third-order valence-electron chi connectivity index (χ3n) is 4.94. The predicted molar refractivity (Wildman–Crippen MR) is 104 cm³/mol. The van der Waals surface area contributed by atoms with E-state index in [1.165, 1.54) is 0 Å².